The van der Waals surface area contributed by atoms with E-state index in [1.807, 2.05) is 23.1 Å². The van der Waals surface area contributed by atoms with Gasteiger partial charge in [0.05, 0.1) is 30.8 Å². The first-order valence-electron chi connectivity index (χ1n) is 14.9. The Labute approximate surface area is 237 Å². The number of nitrogens with zero attached hydrogens (tertiary/aromatic N) is 4. The molecule has 1 aromatic heterocycles. The highest BCUT2D eigenvalue weighted by Gasteiger charge is 2.33. The Balaban J connectivity index is 1.32. The van der Waals surface area contributed by atoms with Crippen molar-refractivity contribution in [3.05, 3.63) is 35.5 Å². The highest BCUT2D eigenvalue weighted by molar-refractivity contribution is 5.88. The number of carbonyl (C=O) groups excluding carboxylic acids is 3. The first-order chi connectivity index (χ1) is 19.4. The van der Waals surface area contributed by atoms with Crippen LogP contribution >= 0.6 is 0 Å². The zero-order valence-electron chi connectivity index (χ0n) is 24.0. The molecule has 3 heterocycles. The highest BCUT2D eigenvalue weighted by Crippen LogP contribution is 2.26. The van der Waals surface area contributed by atoms with Gasteiger partial charge in [-0.2, -0.15) is 5.26 Å². The number of benzene rings is 1. The number of fused-ring (bicyclic) bond motifs is 1. The second kappa shape index (κ2) is 14.3. The number of hydrogen-bond donors (Lipinski definition) is 1. The minimum Gasteiger partial charge on any atom is -0.466 e. The first kappa shape index (κ1) is 29.6. The van der Waals surface area contributed by atoms with Crippen LogP contribution in [0.15, 0.2) is 24.3 Å². The lowest BCUT2D eigenvalue weighted by atomic mass is 10.1. The molecular weight excluding hydrogens is 506 g/mol. The number of nitrogens with one attached hydrogen (secondary N) is 1. The van der Waals surface area contributed by atoms with Crippen molar-refractivity contribution in [2.24, 2.45) is 0 Å². The summed E-state index contributed by atoms with van der Waals surface area (Å²) in [4.78, 5) is 42.1. The van der Waals surface area contributed by atoms with Crippen molar-refractivity contribution in [3.8, 4) is 6.07 Å². The van der Waals surface area contributed by atoms with Crippen molar-refractivity contribution in [1.82, 2.24) is 19.7 Å². The monoisotopic (exact) mass is 549 g/mol. The minimum atomic E-state index is -0.315. The van der Waals surface area contributed by atoms with Gasteiger partial charge in [0.15, 0.2) is 0 Å². The summed E-state index contributed by atoms with van der Waals surface area (Å²) in [5.74, 6) is -0.191. The predicted octanol–water partition coefficient (Wildman–Crippen LogP) is 3.77. The van der Waals surface area contributed by atoms with Crippen LogP contribution in [0.2, 0.25) is 0 Å². The Morgan fingerprint density at radius 1 is 1.12 bits per heavy atom. The van der Waals surface area contributed by atoms with Crippen LogP contribution in [0, 0.1) is 11.3 Å². The molecule has 0 aliphatic carbocycles. The largest absolute Gasteiger partial charge is 0.466 e. The summed E-state index contributed by atoms with van der Waals surface area (Å²) in [5, 5.41) is 13.8. The van der Waals surface area contributed by atoms with Gasteiger partial charge in [-0.3, -0.25) is 14.4 Å². The zero-order valence-corrected chi connectivity index (χ0v) is 24.0. The van der Waals surface area contributed by atoms with Crippen LogP contribution in [0.25, 0.3) is 10.9 Å². The highest BCUT2D eigenvalue weighted by atomic mass is 16.5. The van der Waals surface area contributed by atoms with Gasteiger partial charge >= 0.3 is 5.97 Å². The van der Waals surface area contributed by atoms with Gasteiger partial charge < -0.3 is 24.4 Å². The molecule has 2 aliphatic rings. The lowest BCUT2D eigenvalue weighted by Crippen LogP contribution is -2.50. The Morgan fingerprint density at radius 3 is 2.75 bits per heavy atom. The molecule has 0 saturated carbocycles. The van der Waals surface area contributed by atoms with E-state index in [0.29, 0.717) is 38.1 Å². The third-order valence-electron chi connectivity index (χ3n) is 8.23. The van der Waals surface area contributed by atoms with Crippen LogP contribution in [0.4, 0.5) is 0 Å². The Bertz CT molecular complexity index is 1230. The number of likely N-dealkylation sites (tertiary alicyclic amines) is 2. The van der Waals surface area contributed by atoms with E-state index in [9.17, 15) is 19.6 Å². The normalized spacial score (nSPS) is 19.6. The smallest absolute Gasteiger partial charge is 0.305 e. The molecule has 1 aromatic carbocycles. The van der Waals surface area contributed by atoms with Crippen LogP contribution in [0.1, 0.15) is 76.5 Å². The van der Waals surface area contributed by atoms with Crippen molar-refractivity contribution in [1.29, 1.82) is 5.26 Å². The molecule has 2 aliphatic heterocycles. The molecule has 2 aromatic rings. The standard InChI is InChI=1S/C31H43N5O4/c1-3-35-26(20-24-13-12-23(21-32)19-28(24)35)15-14-25-9-8-18-36(25)29(37)22-34-17-6-5-10-27(31(34)39)33-16-7-11-30(38)40-4-2/h12-13,19-20,25,27,33H,3-11,14-18,22H2,1-2H3/t25-,27-/m0/s1. The van der Waals surface area contributed by atoms with Crippen molar-refractivity contribution < 1.29 is 19.1 Å². The van der Waals surface area contributed by atoms with Gasteiger partial charge in [0.2, 0.25) is 11.8 Å². The topological polar surface area (TPSA) is 108 Å². The van der Waals surface area contributed by atoms with E-state index in [1.54, 1.807) is 11.8 Å². The third kappa shape index (κ3) is 7.22. The number of rotatable bonds is 12. The Morgan fingerprint density at radius 2 is 1.98 bits per heavy atom. The van der Waals surface area contributed by atoms with Crippen LogP contribution in [-0.4, -0.2) is 77.0 Å². The number of amides is 2. The molecule has 0 bridgehead atoms. The van der Waals surface area contributed by atoms with Gasteiger partial charge in [-0.05, 0) is 95.3 Å². The maximum absolute atomic E-state index is 13.5. The van der Waals surface area contributed by atoms with Crippen molar-refractivity contribution in [2.45, 2.75) is 90.3 Å². The van der Waals surface area contributed by atoms with Crippen LogP contribution < -0.4 is 5.32 Å². The average molecular weight is 550 g/mol. The maximum Gasteiger partial charge on any atom is 0.305 e. The van der Waals surface area contributed by atoms with Gasteiger partial charge in [-0.25, -0.2) is 0 Å². The van der Waals surface area contributed by atoms with Crippen molar-refractivity contribution in [3.63, 3.8) is 0 Å². The molecule has 1 N–H and O–H groups in total. The van der Waals surface area contributed by atoms with E-state index in [4.69, 9.17) is 4.74 Å². The quantitative estimate of drug-likeness (QED) is 0.319. The van der Waals surface area contributed by atoms with Gasteiger partial charge in [0, 0.05) is 43.3 Å². The molecule has 0 radical (unpaired) electrons. The fraction of sp³-hybridized carbons (Fsp3) is 0.613. The number of esters is 1. The second-order valence-electron chi connectivity index (χ2n) is 10.9. The number of aromatic nitrogens is 1. The molecule has 0 spiro atoms. The van der Waals surface area contributed by atoms with E-state index in [2.05, 4.69) is 28.9 Å². The molecule has 216 valence electrons. The number of nitriles is 1. The van der Waals surface area contributed by atoms with E-state index >= 15 is 0 Å². The van der Waals surface area contributed by atoms with Crippen LogP contribution in [0.5, 0.6) is 0 Å². The minimum absolute atomic E-state index is 0.0121. The molecule has 2 saturated heterocycles. The van der Waals surface area contributed by atoms with Crippen molar-refractivity contribution in [2.75, 3.05) is 32.8 Å². The number of hydrogen-bond acceptors (Lipinski definition) is 6. The van der Waals surface area contributed by atoms with E-state index in [-0.39, 0.29) is 36.4 Å². The second-order valence-corrected chi connectivity index (χ2v) is 10.9. The Hall–Kier alpha value is -3.38. The van der Waals surface area contributed by atoms with Crippen LogP contribution in [-0.2, 0) is 32.1 Å². The van der Waals surface area contributed by atoms with E-state index < -0.39 is 0 Å². The molecule has 4 rings (SSSR count). The van der Waals surface area contributed by atoms with E-state index in [1.165, 1.54) is 5.69 Å². The lowest BCUT2D eigenvalue weighted by Gasteiger charge is -2.30. The summed E-state index contributed by atoms with van der Waals surface area (Å²) >= 11 is 0. The van der Waals surface area contributed by atoms with Gasteiger partial charge in [0.25, 0.3) is 0 Å². The molecule has 2 atom stereocenters. The van der Waals surface area contributed by atoms with Gasteiger partial charge in [0.1, 0.15) is 0 Å². The summed E-state index contributed by atoms with van der Waals surface area (Å²) in [7, 11) is 0. The molecule has 2 fully saturated rings. The molecule has 9 heteroatoms. The molecular formula is C31H43N5O4. The third-order valence-corrected chi connectivity index (χ3v) is 8.23. The fourth-order valence-electron chi connectivity index (χ4n) is 6.19. The lowest BCUT2D eigenvalue weighted by molar-refractivity contribution is -0.143. The number of aryl methyl sites for hydroxylation is 2. The summed E-state index contributed by atoms with van der Waals surface area (Å²) in [6.45, 7) is 7.15. The van der Waals surface area contributed by atoms with E-state index in [0.717, 1.165) is 68.9 Å². The molecule has 40 heavy (non-hydrogen) atoms. The number of carbonyl (C=O) groups is 3. The number of ether oxygens (including phenoxy) is 1. The van der Waals surface area contributed by atoms with Gasteiger partial charge in [-0.1, -0.05) is 6.07 Å². The zero-order chi connectivity index (χ0) is 28.5. The summed E-state index contributed by atoms with van der Waals surface area (Å²) < 4.78 is 7.24. The van der Waals surface area contributed by atoms with Crippen LogP contribution in [0.3, 0.4) is 0 Å². The molecule has 0 unspecified atom stereocenters. The predicted molar refractivity (Wildman–Crippen MR) is 153 cm³/mol. The fourth-order valence-corrected chi connectivity index (χ4v) is 6.19. The SMILES string of the molecule is CCOC(=O)CCCN[C@H]1CCCCN(CC(=O)N2CCC[C@H]2CCc2cc3ccc(C#N)cc3n2CC)C1=O. The molecule has 9 nitrogen and oxygen atoms in total. The summed E-state index contributed by atoms with van der Waals surface area (Å²) in [6.07, 6.45) is 7.22. The van der Waals surface area contributed by atoms with Crippen molar-refractivity contribution >= 4 is 28.7 Å². The molecule has 2 amide bonds. The van der Waals surface area contributed by atoms with Gasteiger partial charge in [-0.15, -0.1) is 0 Å². The summed E-state index contributed by atoms with van der Waals surface area (Å²) in [6, 6.07) is 10.1. The average Bonchev–Trinajstić information content (AvgIpc) is 3.53. The Kier molecular flexibility index (Phi) is 10.6. The maximum atomic E-state index is 13.5. The summed E-state index contributed by atoms with van der Waals surface area (Å²) in [5.41, 5.74) is 2.97. The first-order valence-corrected chi connectivity index (χ1v) is 14.9.